The van der Waals surface area contributed by atoms with Gasteiger partial charge in [0.2, 0.25) is 0 Å². The second kappa shape index (κ2) is 4.87. The molecular formula is C11H16ClN3O. The summed E-state index contributed by atoms with van der Waals surface area (Å²) in [6.45, 7) is 2.90. The Morgan fingerprint density at radius 3 is 2.88 bits per heavy atom. The largest absolute Gasteiger partial charge is 0.352 e. The average molecular weight is 242 g/mol. The van der Waals surface area contributed by atoms with Crippen LogP contribution in [-0.4, -0.2) is 22.6 Å². The Balaban J connectivity index is 2.32. The van der Waals surface area contributed by atoms with Crippen molar-refractivity contribution in [2.45, 2.75) is 38.6 Å². The molecule has 0 aliphatic heterocycles. The van der Waals surface area contributed by atoms with Crippen molar-refractivity contribution in [3.8, 4) is 0 Å². The van der Waals surface area contributed by atoms with Crippen molar-refractivity contribution in [3.63, 3.8) is 0 Å². The number of rotatable bonds is 3. The van der Waals surface area contributed by atoms with Gasteiger partial charge in [-0.3, -0.25) is 4.79 Å². The maximum atomic E-state index is 11.4. The van der Waals surface area contributed by atoms with Crippen LogP contribution in [0.2, 0.25) is 5.02 Å². The third-order valence-corrected chi connectivity index (χ3v) is 3.50. The second-order valence-corrected chi connectivity index (χ2v) is 4.47. The quantitative estimate of drug-likeness (QED) is 0.883. The Labute approximate surface area is 99.6 Å². The zero-order valence-corrected chi connectivity index (χ0v) is 10.1. The van der Waals surface area contributed by atoms with E-state index in [4.69, 9.17) is 11.6 Å². The highest BCUT2D eigenvalue weighted by Gasteiger charge is 2.24. The van der Waals surface area contributed by atoms with Crippen LogP contribution >= 0.6 is 11.6 Å². The SMILES string of the molecule is CCN(c1nc[nH]c(=O)c1Cl)C1CCCC1. The summed E-state index contributed by atoms with van der Waals surface area (Å²) >= 11 is 6.00. The number of nitrogens with zero attached hydrogens (tertiary/aromatic N) is 2. The van der Waals surface area contributed by atoms with Crippen molar-refractivity contribution in [1.29, 1.82) is 0 Å². The number of anilines is 1. The lowest BCUT2D eigenvalue weighted by Crippen LogP contribution is -2.35. The van der Waals surface area contributed by atoms with Gasteiger partial charge in [-0.15, -0.1) is 0 Å². The lowest BCUT2D eigenvalue weighted by Gasteiger charge is -2.28. The topological polar surface area (TPSA) is 49.0 Å². The monoisotopic (exact) mass is 241 g/mol. The zero-order chi connectivity index (χ0) is 11.5. The van der Waals surface area contributed by atoms with Crippen molar-refractivity contribution >= 4 is 17.4 Å². The van der Waals surface area contributed by atoms with Gasteiger partial charge in [0.15, 0.2) is 5.82 Å². The molecule has 2 rings (SSSR count). The van der Waals surface area contributed by atoms with Crippen LogP contribution in [0, 0.1) is 0 Å². The van der Waals surface area contributed by atoms with Crippen molar-refractivity contribution in [1.82, 2.24) is 9.97 Å². The molecular weight excluding hydrogens is 226 g/mol. The highest BCUT2D eigenvalue weighted by atomic mass is 35.5. The molecule has 88 valence electrons. The van der Waals surface area contributed by atoms with Crippen LogP contribution in [0.4, 0.5) is 5.82 Å². The first kappa shape index (κ1) is 11.5. The van der Waals surface area contributed by atoms with E-state index in [0.717, 1.165) is 6.54 Å². The fourth-order valence-corrected chi connectivity index (χ4v) is 2.58. The van der Waals surface area contributed by atoms with Gasteiger partial charge in [-0.2, -0.15) is 0 Å². The van der Waals surface area contributed by atoms with Gasteiger partial charge in [0.1, 0.15) is 5.02 Å². The maximum absolute atomic E-state index is 11.4. The molecule has 1 fully saturated rings. The predicted octanol–water partition coefficient (Wildman–Crippen LogP) is 2.19. The van der Waals surface area contributed by atoms with E-state index in [1.54, 1.807) is 0 Å². The van der Waals surface area contributed by atoms with Crippen molar-refractivity contribution in [3.05, 3.63) is 21.7 Å². The molecule has 0 bridgehead atoms. The average Bonchev–Trinajstić information content (AvgIpc) is 2.79. The van der Waals surface area contributed by atoms with Crippen LogP contribution in [0.3, 0.4) is 0 Å². The first-order valence-electron chi connectivity index (χ1n) is 5.74. The van der Waals surface area contributed by atoms with Crippen LogP contribution in [0.1, 0.15) is 32.6 Å². The predicted molar refractivity (Wildman–Crippen MR) is 65.1 cm³/mol. The summed E-state index contributed by atoms with van der Waals surface area (Å²) < 4.78 is 0. The number of hydrogen-bond donors (Lipinski definition) is 1. The summed E-state index contributed by atoms with van der Waals surface area (Å²) in [7, 11) is 0. The van der Waals surface area contributed by atoms with Crippen molar-refractivity contribution < 1.29 is 0 Å². The van der Waals surface area contributed by atoms with E-state index < -0.39 is 0 Å². The minimum Gasteiger partial charge on any atom is -0.352 e. The fraction of sp³-hybridized carbons (Fsp3) is 0.636. The summed E-state index contributed by atoms with van der Waals surface area (Å²) in [5.41, 5.74) is -0.261. The van der Waals surface area contributed by atoms with Gasteiger partial charge in [0, 0.05) is 12.6 Å². The molecule has 4 nitrogen and oxygen atoms in total. The van der Waals surface area contributed by atoms with Gasteiger partial charge in [0.05, 0.1) is 6.33 Å². The zero-order valence-electron chi connectivity index (χ0n) is 9.37. The summed E-state index contributed by atoms with van der Waals surface area (Å²) in [6.07, 6.45) is 6.25. The highest BCUT2D eigenvalue weighted by molar-refractivity contribution is 6.32. The highest BCUT2D eigenvalue weighted by Crippen LogP contribution is 2.29. The van der Waals surface area contributed by atoms with Gasteiger partial charge >= 0.3 is 0 Å². The van der Waals surface area contributed by atoms with Crippen molar-refractivity contribution in [2.75, 3.05) is 11.4 Å². The van der Waals surface area contributed by atoms with E-state index in [2.05, 4.69) is 21.8 Å². The van der Waals surface area contributed by atoms with E-state index in [0.29, 0.717) is 11.9 Å². The fourth-order valence-electron chi connectivity index (χ4n) is 2.37. The number of H-pyrrole nitrogens is 1. The number of halogens is 1. The van der Waals surface area contributed by atoms with Crippen LogP contribution in [0.15, 0.2) is 11.1 Å². The number of hydrogen-bond acceptors (Lipinski definition) is 3. The Morgan fingerprint density at radius 1 is 1.56 bits per heavy atom. The molecule has 0 amide bonds. The van der Waals surface area contributed by atoms with Crippen LogP contribution in [0.25, 0.3) is 0 Å². The molecule has 1 saturated carbocycles. The van der Waals surface area contributed by atoms with E-state index >= 15 is 0 Å². The molecule has 1 aliphatic rings. The molecule has 1 N–H and O–H groups in total. The summed E-state index contributed by atoms with van der Waals surface area (Å²) in [5, 5.41) is 0.205. The van der Waals surface area contributed by atoms with Crippen LogP contribution in [0.5, 0.6) is 0 Å². The van der Waals surface area contributed by atoms with Crippen LogP contribution in [-0.2, 0) is 0 Å². The Hall–Kier alpha value is -1.03. The van der Waals surface area contributed by atoms with Gasteiger partial charge in [-0.1, -0.05) is 24.4 Å². The third-order valence-electron chi connectivity index (χ3n) is 3.16. The molecule has 0 aromatic carbocycles. The van der Waals surface area contributed by atoms with E-state index in [-0.39, 0.29) is 10.6 Å². The lowest BCUT2D eigenvalue weighted by molar-refractivity contribution is 0.612. The normalized spacial score (nSPS) is 16.6. The smallest absolute Gasteiger partial charge is 0.271 e. The van der Waals surface area contributed by atoms with Gasteiger partial charge < -0.3 is 9.88 Å². The molecule has 0 radical (unpaired) electrons. The minimum absolute atomic E-state index is 0.205. The second-order valence-electron chi connectivity index (χ2n) is 4.09. The molecule has 1 aromatic rings. The summed E-state index contributed by atoms with van der Waals surface area (Å²) in [4.78, 5) is 20.2. The Kier molecular flexibility index (Phi) is 3.49. The molecule has 0 saturated heterocycles. The lowest BCUT2D eigenvalue weighted by atomic mass is 10.2. The molecule has 16 heavy (non-hydrogen) atoms. The molecule has 0 unspecified atom stereocenters. The number of aromatic amines is 1. The standard InChI is InChI=1S/C11H16ClN3O/c1-2-15(8-5-3-4-6-8)10-9(12)11(16)14-7-13-10/h7-8H,2-6H2,1H3,(H,13,14,16). The number of nitrogens with one attached hydrogen (secondary N) is 1. The van der Waals surface area contributed by atoms with E-state index in [1.807, 2.05) is 0 Å². The first-order valence-corrected chi connectivity index (χ1v) is 6.11. The Bertz CT molecular complexity index is 412. The van der Waals surface area contributed by atoms with Crippen LogP contribution < -0.4 is 10.5 Å². The number of aromatic nitrogens is 2. The molecule has 1 aromatic heterocycles. The van der Waals surface area contributed by atoms with Gasteiger partial charge in [-0.05, 0) is 19.8 Å². The minimum atomic E-state index is -0.261. The molecule has 5 heteroatoms. The third kappa shape index (κ3) is 2.07. The van der Waals surface area contributed by atoms with E-state index in [9.17, 15) is 4.79 Å². The summed E-state index contributed by atoms with van der Waals surface area (Å²) in [5.74, 6) is 0.625. The van der Waals surface area contributed by atoms with Gasteiger partial charge in [-0.25, -0.2) is 4.98 Å². The first-order chi connectivity index (χ1) is 7.74. The van der Waals surface area contributed by atoms with Gasteiger partial charge in [0.25, 0.3) is 5.56 Å². The van der Waals surface area contributed by atoms with E-state index in [1.165, 1.54) is 32.0 Å². The molecule has 1 aliphatic carbocycles. The maximum Gasteiger partial charge on any atom is 0.271 e. The molecule has 0 atom stereocenters. The summed E-state index contributed by atoms with van der Waals surface area (Å²) in [6, 6.07) is 0.483. The Morgan fingerprint density at radius 2 is 2.25 bits per heavy atom. The molecule has 0 spiro atoms. The molecule has 1 heterocycles. The van der Waals surface area contributed by atoms with Crippen molar-refractivity contribution in [2.24, 2.45) is 0 Å².